The predicted octanol–water partition coefficient (Wildman–Crippen LogP) is 3.21. The van der Waals surface area contributed by atoms with Gasteiger partial charge < -0.3 is 5.32 Å². The molecule has 1 heterocycles. The van der Waals surface area contributed by atoms with Crippen LogP contribution < -0.4 is 5.32 Å². The Morgan fingerprint density at radius 3 is 3.18 bits per heavy atom. The highest BCUT2D eigenvalue weighted by Crippen LogP contribution is 2.32. The summed E-state index contributed by atoms with van der Waals surface area (Å²) in [7, 11) is 1.73. The molecule has 90 valence electrons. The molecule has 0 fully saturated rings. The summed E-state index contributed by atoms with van der Waals surface area (Å²) >= 11 is 1.94. The number of rotatable bonds is 3. The number of aliphatic imine (C=N–C) groups is 2. The van der Waals surface area contributed by atoms with Gasteiger partial charge in [0.2, 0.25) is 0 Å². The molecule has 1 aliphatic rings. The number of hydrogen-bond donors (Lipinski definition) is 1. The summed E-state index contributed by atoms with van der Waals surface area (Å²) < 4.78 is 0. The van der Waals surface area contributed by atoms with Gasteiger partial charge in [-0.25, -0.2) is 4.99 Å². The summed E-state index contributed by atoms with van der Waals surface area (Å²) in [5, 5.41) is 3.34. The number of aryl methyl sites for hydroxylation is 1. The Bertz CT molecular complexity index is 452. The van der Waals surface area contributed by atoms with Gasteiger partial charge >= 0.3 is 0 Å². The Kier molecular flexibility index (Phi) is 4.20. The van der Waals surface area contributed by atoms with Crippen LogP contribution in [0.2, 0.25) is 0 Å². The van der Waals surface area contributed by atoms with Crippen LogP contribution in [-0.4, -0.2) is 25.0 Å². The Morgan fingerprint density at radius 2 is 2.41 bits per heavy atom. The van der Waals surface area contributed by atoms with E-state index in [1.807, 2.05) is 11.8 Å². The van der Waals surface area contributed by atoms with Crippen molar-refractivity contribution in [1.82, 2.24) is 0 Å². The summed E-state index contributed by atoms with van der Waals surface area (Å²) in [4.78, 5) is 9.54. The van der Waals surface area contributed by atoms with E-state index < -0.39 is 0 Å². The predicted molar refractivity (Wildman–Crippen MR) is 76.6 cm³/mol. The van der Waals surface area contributed by atoms with Crippen molar-refractivity contribution in [3.05, 3.63) is 23.8 Å². The van der Waals surface area contributed by atoms with E-state index >= 15 is 0 Å². The average Bonchev–Trinajstić information content (AvgIpc) is 2.81. The van der Waals surface area contributed by atoms with Crippen LogP contribution in [0.1, 0.15) is 18.9 Å². The van der Waals surface area contributed by atoms with Crippen LogP contribution >= 0.6 is 11.8 Å². The van der Waals surface area contributed by atoms with Crippen molar-refractivity contribution in [2.45, 2.75) is 24.7 Å². The number of anilines is 1. The molecule has 0 unspecified atom stereocenters. The number of fused-ring (bicyclic) bond motifs is 1. The Hall–Kier alpha value is -1.29. The summed E-state index contributed by atoms with van der Waals surface area (Å²) in [6, 6.07) is 6.53. The van der Waals surface area contributed by atoms with Crippen LogP contribution in [0, 0.1) is 0 Å². The van der Waals surface area contributed by atoms with Gasteiger partial charge in [0.25, 0.3) is 0 Å². The highest BCUT2D eigenvalue weighted by atomic mass is 32.2. The monoisotopic (exact) mass is 247 g/mol. The lowest BCUT2D eigenvalue weighted by Gasteiger charge is -2.08. The molecule has 4 heteroatoms. The maximum Gasteiger partial charge on any atom is 0.111 e. The van der Waals surface area contributed by atoms with E-state index in [1.165, 1.54) is 22.6 Å². The molecule has 1 aromatic rings. The van der Waals surface area contributed by atoms with E-state index in [1.54, 1.807) is 13.4 Å². The van der Waals surface area contributed by atoms with Gasteiger partial charge in [0.05, 0.1) is 0 Å². The second kappa shape index (κ2) is 5.87. The zero-order valence-electron chi connectivity index (χ0n) is 10.2. The lowest BCUT2D eigenvalue weighted by molar-refractivity contribution is 1.15. The van der Waals surface area contributed by atoms with E-state index in [4.69, 9.17) is 0 Å². The smallest absolute Gasteiger partial charge is 0.111 e. The number of nitrogens with zero attached hydrogens (tertiary/aromatic N) is 2. The second-order valence-electron chi connectivity index (χ2n) is 3.85. The van der Waals surface area contributed by atoms with E-state index in [0.717, 1.165) is 17.9 Å². The second-order valence-corrected chi connectivity index (χ2v) is 4.99. The molecule has 3 nitrogen and oxygen atoms in total. The zero-order valence-corrected chi connectivity index (χ0v) is 11.0. The van der Waals surface area contributed by atoms with Crippen LogP contribution in [0.25, 0.3) is 0 Å². The molecular weight excluding hydrogens is 230 g/mol. The number of nitrogens with one attached hydrogen (secondary N) is 1. The van der Waals surface area contributed by atoms with E-state index in [-0.39, 0.29) is 0 Å². The lowest BCUT2D eigenvalue weighted by atomic mass is 10.1. The van der Waals surface area contributed by atoms with Gasteiger partial charge in [-0.05, 0) is 30.2 Å². The third-order valence-electron chi connectivity index (χ3n) is 2.64. The van der Waals surface area contributed by atoms with Gasteiger partial charge in [0.15, 0.2) is 0 Å². The standard InChI is InChI=1S/C13H17N3S/c1-3-13(15-9-14-2)16-11-4-5-12-10(8-11)6-7-17-12/h4-5,8-9H,3,6-7H2,1-2H3,(H,14,15,16). The van der Waals surface area contributed by atoms with Crippen molar-refractivity contribution in [3.63, 3.8) is 0 Å². The first kappa shape index (κ1) is 12.2. The van der Waals surface area contributed by atoms with Crippen LogP contribution in [-0.2, 0) is 6.42 Å². The zero-order chi connectivity index (χ0) is 12.1. The summed E-state index contributed by atoms with van der Waals surface area (Å²) in [6.45, 7) is 2.08. The average molecular weight is 247 g/mol. The first-order chi connectivity index (χ1) is 8.33. The molecule has 1 N–H and O–H groups in total. The fourth-order valence-corrected chi connectivity index (χ4v) is 2.82. The fourth-order valence-electron chi connectivity index (χ4n) is 1.77. The highest BCUT2D eigenvalue weighted by molar-refractivity contribution is 7.99. The van der Waals surface area contributed by atoms with E-state index in [0.29, 0.717) is 0 Å². The molecule has 1 aliphatic heterocycles. The van der Waals surface area contributed by atoms with Crippen molar-refractivity contribution in [1.29, 1.82) is 0 Å². The molecule has 0 aromatic heterocycles. The first-order valence-corrected chi connectivity index (χ1v) is 6.82. The van der Waals surface area contributed by atoms with Gasteiger partial charge in [-0.3, -0.25) is 4.99 Å². The number of hydrogen-bond acceptors (Lipinski definition) is 2. The topological polar surface area (TPSA) is 36.8 Å². The lowest BCUT2D eigenvalue weighted by Crippen LogP contribution is -2.11. The van der Waals surface area contributed by atoms with Crippen molar-refractivity contribution >= 4 is 29.6 Å². The highest BCUT2D eigenvalue weighted by Gasteiger charge is 2.11. The molecule has 17 heavy (non-hydrogen) atoms. The summed E-state index contributed by atoms with van der Waals surface area (Å²) in [5.41, 5.74) is 2.57. The molecule has 0 atom stereocenters. The van der Waals surface area contributed by atoms with Gasteiger partial charge in [-0.15, -0.1) is 11.8 Å². The van der Waals surface area contributed by atoms with Crippen LogP contribution in [0.15, 0.2) is 33.1 Å². The fraction of sp³-hybridized carbons (Fsp3) is 0.385. The molecule has 0 saturated heterocycles. The minimum atomic E-state index is 0.873. The first-order valence-electron chi connectivity index (χ1n) is 5.83. The van der Waals surface area contributed by atoms with Gasteiger partial charge in [-0.1, -0.05) is 6.92 Å². The molecular formula is C13H17N3S. The Morgan fingerprint density at radius 1 is 1.53 bits per heavy atom. The third kappa shape index (κ3) is 3.09. The molecule has 0 saturated carbocycles. The van der Waals surface area contributed by atoms with E-state index in [2.05, 4.69) is 40.4 Å². The largest absolute Gasteiger partial charge is 0.344 e. The molecule has 0 spiro atoms. The maximum atomic E-state index is 4.26. The quantitative estimate of drug-likeness (QED) is 0.657. The van der Waals surface area contributed by atoms with Crippen molar-refractivity contribution < 1.29 is 0 Å². The number of amidine groups is 1. The molecule has 0 amide bonds. The Balaban J connectivity index is 2.12. The number of thioether (sulfide) groups is 1. The Labute approximate surface area is 106 Å². The molecule has 2 rings (SSSR count). The summed E-state index contributed by atoms with van der Waals surface area (Å²) in [5.74, 6) is 2.15. The number of benzene rings is 1. The van der Waals surface area contributed by atoms with Crippen molar-refractivity contribution in [2.24, 2.45) is 9.98 Å². The SMILES string of the molecule is CCC(=NC=NC)Nc1ccc2c(c1)CCS2. The van der Waals surface area contributed by atoms with Crippen LogP contribution in [0.5, 0.6) is 0 Å². The van der Waals surface area contributed by atoms with Crippen molar-refractivity contribution in [2.75, 3.05) is 18.1 Å². The normalized spacial score (nSPS) is 15.3. The molecule has 0 aliphatic carbocycles. The third-order valence-corrected chi connectivity index (χ3v) is 3.76. The van der Waals surface area contributed by atoms with Gasteiger partial charge in [0, 0.05) is 29.8 Å². The van der Waals surface area contributed by atoms with Crippen molar-refractivity contribution in [3.8, 4) is 0 Å². The minimum Gasteiger partial charge on any atom is -0.344 e. The molecule has 0 radical (unpaired) electrons. The van der Waals surface area contributed by atoms with Crippen LogP contribution in [0.4, 0.5) is 5.69 Å². The maximum absolute atomic E-state index is 4.26. The van der Waals surface area contributed by atoms with Gasteiger partial charge in [0.1, 0.15) is 12.2 Å². The summed E-state index contributed by atoms with van der Waals surface area (Å²) in [6.07, 6.45) is 3.62. The van der Waals surface area contributed by atoms with Gasteiger partial charge in [-0.2, -0.15) is 0 Å². The molecule has 0 bridgehead atoms. The van der Waals surface area contributed by atoms with Crippen LogP contribution in [0.3, 0.4) is 0 Å². The van der Waals surface area contributed by atoms with E-state index in [9.17, 15) is 0 Å². The molecule has 1 aromatic carbocycles. The minimum absolute atomic E-state index is 0.873.